The standard InChI is InChI=1S/C11H20N2O3/c1-7-11(2,3-4-16-7)13-10(15)9-5-8(14)6-12-9/h7-9,12,14H,3-6H2,1-2H3,(H,13,15). The van der Waals surface area contributed by atoms with Crippen molar-refractivity contribution in [1.82, 2.24) is 10.6 Å². The highest BCUT2D eigenvalue weighted by Gasteiger charge is 2.40. The lowest BCUT2D eigenvalue weighted by Crippen LogP contribution is -2.55. The zero-order chi connectivity index (χ0) is 11.8. The summed E-state index contributed by atoms with van der Waals surface area (Å²) in [6, 6.07) is -0.264. The number of carbonyl (C=O) groups excluding carboxylic acids is 1. The minimum absolute atomic E-state index is 0.0311. The fourth-order valence-corrected chi connectivity index (χ4v) is 2.28. The molecule has 0 saturated carbocycles. The number of nitrogens with one attached hydrogen (secondary N) is 2. The van der Waals surface area contributed by atoms with Crippen molar-refractivity contribution in [1.29, 1.82) is 0 Å². The minimum atomic E-state index is -0.402. The third kappa shape index (κ3) is 2.21. The molecule has 2 heterocycles. The summed E-state index contributed by atoms with van der Waals surface area (Å²) in [5.41, 5.74) is -0.272. The summed E-state index contributed by atoms with van der Waals surface area (Å²) in [4.78, 5) is 12.0. The van der Waals surface area contributed by atoms with Gasteiger partial charge in [-0.05, 0) is 26.7 Å². The number of hydrogen-bond donors (Lipinski definition) is 3. The zero-order valence-corrected chi connectivity index (χ0v) is 9.82. The maximum absolute atomic E-state index is 12.0. The fraction of sp³-hybridized carbons (Fsp3) is 0.909. The molecule has 0 aliphatic carbocycles. The number of amides is 1. The number of carbonyl (C=O) groups is 1. The molecule has 2 saturated heterocycles. The number of aliphatic hydroxyl groups is 1. The molecule has 2 fully saturated rings. The van der Waals surface area contributed by atoms with Crippen LogP contribution in [0.2, 0.25) is 0 Å². The van der Waals surface area contributed by atoms with Crippen molar-refractivity contribution in [3.63, 3.8) is 0 Å². The van der Waals surface area contributed by atoms with E-state index in [9.17, 15) is 9.90 Å². The van der Waals surface area contributed by atoms with E-state index in [-0.39, 0.29) is 23.6 Å². The zero-order valence-electron chi connectivity index (χ0n) is 9.82. The SMILES string of the molecule is CC1OCCC1(C)NC(=O)C1CC(O)CN1. The van der Waals surface area contributed by atoms with Crippen LogP contribution in [0.25, 0.3) is 0 Å². The fourth-order valence-electron chi connectivity index (χ4n) is 2.28. The third-order valence-electron chi connectivity index (χ3n) is 3.72. The summed E-state index contributed by atoms with van der Waals surface area (Å²) in [6.07, 6.45) is 0.982. The van der Waals surface area contributed by atoms with Crippen molar-refractivity contribution in [2.75, 3.05) is 13.2 Å². The molecule has 0 aromatic rings. The van der Waals surface area contributed by atoms with Gasteiger partial charge in [-0.15, -0.1) is 0 Å². The van der Waals surface area contributed by atoms with Gasteiger partial charge in [0.2, 0.25) is 5.91 Å². The molecule has 2 aliphatic rings. The van der Waals surface area contributed by atoms with Gasteiger partial charge >= 0.3 is 0 Å². The molecule has 0 aromatic carbocycles. The van der Waals surface area contributed by atoms with Crippen LogP contribution in [0.15, 0.2) is 0 Å². The Hall–Kier alpha value is -0.650. The molecule has 5 nitrogen and oxygen atoms in total. The maximum atomic E-state index is 12.0. The van der Waals surface area contributed by atoms with E-state index in [2.05, 4.69) is 10.6 Å². The van der Waals surface area contributed by atoms with Crippen LogP contribution in [-0.4, -0.2) is 48.0 Å². The normalized spacial score (nSPS) is 43.6. The number of aliphatic hydroxyl groups excluding tert-OH is 1. The first-order chi connectivity index (χ1) is 7.51. The Bertz CT molecular complexity index is 284. The predicted molar refractivity (Wildman–Crippen MR) is 59.0 cm³/mol. The first-order valence-corrected chi connectivity index (χ1v) is 5.86. The number of rotatable bonds is 2. The minimum Gasteiger partial charge on any atom is -0.392 e. The molecule has 0 bridgehead atoms. The average molecular weight is 228 g/mol. The lowest BCUT2D eigenvalue weighted by Gasteiger charge is -2.30. The highest BCUT2D eigenvalue weighted by Crippen LogP contribution is 2.25. The Labute approximate surface area is 95.5 Å². The quantitative estimate of drug-likeness (QED) is 0.590. The van der Waals surface area contributed by atoms with Crippen LogP contribution >= 0.6 is 0 Å². The second kappa shape index (κ2) is 4.31. The average Bonchev–Trinajstić information content (AvgIpc) is 2.76. The first-order valence-electron chi connectivity index (χ1n) is 5.86. The monoisotopic (exact) mass is 228 g/mol. The van der Waals surface area contributed by atoms with Crippen LogP contribution in [0.5, 0.6) is 0 Å². The molecule has 16 heavy (non-hydrogen) atoms. The van der Waals surface area contributed by atoms with Crippen LogP contribution < -0.4 is 10.6 Å². The molecular formula is C11H20N2O3. The maximum Gasteiger partial charge on any atom is 0.237 e. The van der Waals surface area contributed by atoms with E-state index in [1.807, 2.05) is 13.8 Å². The van der Waals surface area contributed by atoms with Gasteiger partial charge in [-0.3, -0.25) is 4.79 Å². The summed E-state index contributed by atoms with van der Waals surface area (Å²) in [7, 11) is 0. The van der Waals surface area contributed by atoms with Gasteiger partial charge in [-0.1, -0.05) is 0 Å². The summed E-state index contributed by atoms with van der Waals surface area (Å²) < 4.78 is 5.47. The van der Waals surface area contributed by atoms with Crippen molar-refractivity contribution in [3.8, 4) is 0 Å². The summed E-state index contributed by atoms with van der Waals surface area (Å²) >= 11 is 0. The van der Waals surface area contributed by atoms with Crippen LogP contribution in [0.4, 0.5) is 0 Å². The van der Waals surface area contributed by atoms with Gasteiger partial charge in [0.05, 0.1) is 23.8 Å². The van der Waals surface area contributed by atoms with E-state index in [4.69, 9.17) is 4.74 Å². The summed E-state index contributed by atoms with van der Waals surface area (Å²) in [5.74, 6) is -0.0311. The topological polar surface area (TPSA) is 70.6 Å². The molecule has 0 aromatic heterocycles. The van der Waals surface area contributed by atoms with E-state index < -0.39 is 6.10 Å². The highest BCUT2D eigenvalue weighted by molar-refractivity contribution is 5.83. The van der Waals surface area contributed by atoms with Crippen molar-refractivity contribution in [2.24, 2.45) is 0 Å². The van der Waals surface area contributed by atoms with Gasteiger partial charge in [0.1, 0.15) is 0 Å². The second-order valence-electron chi connectivity index (χ2n) is 5.02. The van der Waals surface area contributed by atoms with Crippen molar-refractivity contribution >= 4 is 5.91 Å². The Kier molecular flexibility index (Phi) is 3.19. The molecular weight excluding hydrogens is 208 g/mol. The molecule has 0 radical (unpaired) electrons. The van der Waals surface area contributed by atoms with E-state index in [0.717, 1.165) is 6.42 Å². The van der Waals surface area contributed by atoms with E-state index in [0.29, 0.717) is 19.6 Å². The van der Waals surface area contributed by atoms with Crippen molar-refractivity contribution in [3.05, 3.63) is 0 Å². The lowest BCUT2D eigenvalue weighted by atomic mass is 9.94. The number of ether oxygens (including phenoxy) is 1. The number of hydrogen-bond acceptors (Lipinski definition) is 4. The molecule has 4 unspecified atom stereocenters. The highest BCUT2D eigenvalue weighted by atomic mass is 16.5. The van der Waals surface area contributed by atoms with Crippen molar-refractivity contribution < 1.29 is 14.6 Å². The van der Waals surface area contributed by atoms with Gasteiger partial charge in [0.25, 0.3) is 0 Å². The van der Waals surface area contributed by atoms with Gasteiger partial charge in [0.15, 0.2) is 0 Å². The Morgan fingerprint density at radius 2 is 2.38 bits per heavy atom. The molecule has 2 aliphatic heterocycles. The van der Waals surface area contributed by atoms with E-state index in [1.165, 1.54) is 0 Å². The predicted octanol–water partition coefficient (Wildman–Crippen LogP) is -0.607. The Balaban J connectivity index is 1.92. The molecule has 0 spiro atoms. The van der Waals surface area contributed by atoms with E-state index in [1.54, 1.807) is 0 Å². The summed E-state index contributed by atoms with van der Waals surface area (Å²) in [5, 5.41) is 15.4. The van der Waals surface area contributed by atoms with Crippen LogP contribution in [0.3, 0.4) is 0 Å². The van der Waals surface area contributed by atoms with Crippen molar-refractivity contribution in [2.45, 2.75) is 50.5 Å². The van der Waals surface area contributed by atoms with E-state index >= 15 is 0 Å². The van der Waals surface area contributed by atoms with Gasteiger partial charge in [-0.25, -0.2) is 0 Å². The van der Waals surface area contributed by atoms with Crippen LogP contribution in [-0.2, 0) is 9.53 Å². The van der Waals surface area contributed by atoms with Gasteiger partial charge in [-0.2, -0.15) is 0 Å². The molecule has 4 atom stereocenters. The first kappa shape index (κ1) is 11.8. The summed E-state index contributed by atoms with van der Waals surface area (Å²) in [6.45, 7) is 5.18. The molecule has 5 heteroatoms. The smallest absolute Gasteiger partial charge is 0.237 e. The largest absolute Gasteiger partial charge is 0.392 e. The number of β-amino-alcohol motifs (C(OH)–C–C–N with tert-alkyl or cyclic N) is 1. The third-order valence-corrected chi connectivity index (χ3v) is 3.72. The van der Waals surface area contributed by atoms with Crippen LogP contribution in [0.1, 0.15) is 26.7 Å². The lowest BCUT2D eigenvalue weighted by molar-refractivity contribution is -0.125. The second-order valence-corrected chi connectivity index (χ2v) is 5.02. The molecule has 1 amide bonds. The molecule has 2 rings (SSSR count). The Morgan fingerprint density at radius 3 is 2.88 bits per heavy atom. The molecule has 92 valence electrons. The molecule has 3 N–H and O–H groups in total. The van der Waals surface area contributed by atoms with Crippen LogP contribution in [0, 0.1) is 0 Å². The van der Waals surface area contributed by atoms with Gasteiger partial charge < -0.3 is 20.5 Å². The Morgan fingerprint density at radius 1 is 1.62 bits per heavy atom. The van der Waals surface area contributed by atoms with Gasteiger partial charge in [0, 0.05) is 13.2 Å².